The van der Waals surface area contributed by atoms with Crippen LogP contribution in [-0.4, -0.2) is 0 Å². The number of nitrogens with zero attached hydrogens (tertiary/aromatic N) is 2. The van der Waals surface area contributed by atoms with Crippen molar-refractivity contribution in [1.82, 2.24) is 0 Å². The van der Waals surface area contributed by atoms with E-state index >= 15 is 0 Å². The molecule has 45 heavy (non-hydrogen) atoms. The molecule has 0 saturated carbocycles. The summed E-state index contributed by atoms with van der Waals surface area (Å²) in [7, 11) is 0. The van der Waals surface area contributed by atoms with Crippen LogP contribution in [0.3, 0.4) is 0 Å². The van der Waals surface area contributed by atoms with Crippen LogP contribution in [0.15, 0.2) is 170 Å². The normalized spacial score (nSPS) is 12.8. The summed E-state index contributed by atoms with van der Waals surface area (Å²) in [4.78, 5) is 4.80. The number of rotatable bonds is 6. The van der Waals surface area contributed by atoms with Gasteiger partial charge in [0, 0.05) is 44.8 Å². The summed E-state index contributed by atoms with van der Waals surface area (Å²) in [5.41, 5.74) is 12.1. The zero-order valence-corrected chi connectivity index (χ0v) is 25.6. The number of anilines is 6. The van der Waals surface area contributed by atoms with Crippen LogP contribution in [0.25, 0.3) is 21.9 Å². The lowest BCUT2D eigenvalue weighted by Gasteiger charge is -2.31. The van der Waals surface area contributed by atoms with Gasteiger partial charge in [-0.3, -0.25) is 0 Å². The van der Waals surface area contributed by atoms with Crippen molar-refractivity contribution in [3.05, 3.63) is 181 Å². The molecule has 1 aliphatic rings. The van der Waals surface area contributed by atoms with E-state index in [1.807, 2.05) is 0 Å². The fourth-order valence-corrected chi connectivity index (χ4v) is 7.07. The Balaban J connectivity index is 1.45. The van der Waals surface area contributed by atoms with Crippen molar-refractivity contribution < 1.29 is 0 Å². The Labute approximate surface area is 265 Å². The first kappa shape index (κ1) is 27.0. The highest BCUT2D eigenvalue weighted by Gasteiger charge is 2.39. The third-order valence-corrected chi connectivity index (χ3v) is 9.18. The summed E-state index contributed by atoms with van der Waals surface area (Å²) < 4.78 is 0. The summed E-state index contributed by atoms with van der Waals surface area (Å²) in [6.45, 7) is 4.74. The van der Waals surface area contributed by atoms with Gasteiger partial charge in [-0.25, -0.2) is 0 Å². The topological polar surface area (TPSA) is 6.48 Å². The number of para-hydroxylation sites is 4. The summed E-state index contributed by atoms with van der Waals surface area (Å²) in [6.07, 6.45) is 0. The monoisotopic (exact) mass is 578 g/mol. The first-order valence-electron chi connectivity index (χ1n) is 15.6. The van der Waals surface area contributed by atoms with Gasteiger partial charge in [-0.1, -0.05) is 117 Å². The SMILES string of the molecule is CC1(C)c2ccccc2-c2c1cc1cc(N(c3ccccc3)c3ccccc3)ccc1c2N(c1ccccc1)c1ccccc1. The highest BCUT2D eigenvalue weighted by molar-refractivity contribution is 6.10. The first-order chi connectivity index (χ1) is 22.1. The molecule has 2 heteroatoms. The highest BCUT2D eigenvalue weighted by Crippen LogP contribution is 2.57. The van der Waals surface area contributed by atoms with Crippen molar-refractivity contribution in [2.75, 3.05) is 9.80 Å². The standard InChI is InChI=1S/C43H34N2/c1-43(2)39-26-16-15-25-38(39)41-40(43)30-31-29-36(44(32-17-7-3-8-18-32)33-19-9-4-10-20-33)27-28-37(31)42(41)45(34-21-11-5-12-22-34)35-23-13-6-14-24-35/h3-30H,1-2H3. The second kappa shape index (κ2) is 10.8. The van der Waals surface area contributed by atoms with Gasteiger partial charge < -0.3 is 9.80 Å². The quantitative estimate of drug-likeness (QED) is 0.194. The fourth-order valence-electron chi connectivity index (χ4n) is 7.07. The van der Waals surface area contributed by atoms with Gasteiger partial charge in [-0.15, -0.1) is 0 Å². The molecule has 0 heterocycles. The average Bonchev–Trinajstić information content (AvgIpc) is 3.32. The van der Waals surface area contributed by atoms with E-state index in [1.165, 1.54) is 38.7 Å². The molecule has 1 aliphatic carbocycles. The summed E-state index contributed by atoms with van der Waals surface area (Å²) in [5.74, 6) is 0. The molecular formula is C43H34N2. The molecule has 216 valence electrons. The first-order valence-corrected chi connectivity index (χ1v) is 15.6. The predicted molar refractivity (Wildman–Crippen MR) is 191 cm³/mol. The Kier molecular flexibility index (Phi) is 6.50. The van der Waals surface area contributed by atoms with E-state index < -0.39 is 0 Å². The lowest BCUT2D eigenvalue weighted by atomic mass is 9.81. The van der Waals surface area contributed by atoms with Gasteiger partial charge in [0.05, 0.1) is 5.69 Å². The van der Waals surface area contributed by atoms with Crippen molar-refractivity contribution in [3.8, 4) is 11.1 Å². The maximum atomic E-state index is 2.45. The molecule has 0 radical (unpaired) electrons. The van der Waals surface area contributed by atoms with Gasteiger partial charge >= 0.3 is 0 Å². The Morgan fingerprint density at radius 1 is 0.400 bits per heavy atom. The molecule has 0 spiro atoms. The maximum Gasteiger partial charge on any atom is 0.0621 e. The van der Waals surface area contributed by atoms with Crippen molar-refractivity contribution in [1.29, 1.82) is 0 Å². The molecule has 0 unspecified atom stereocenters. The smallest absolute Gasteiger partial charge is 0.0621 e. The third-order valence-electron chi connectivity index (χ3n) is 9.18. The van der Waals surface area contributed by atoms with Gasteiger partial charge in [0.15, 0.2) is 0 Å². The third kappa shape index (κ3) is 4.49. The van der Waals surface area contributed by atoms with E-state index in [-0.39, 0.29) is 5.41 Å². The molecule has 0 N–H and O–H groups in total. The second-order valence-electron chi connectivity index (χ2n) is 12.2. The van der Waals surface area contributed by atoms with Crippen molar-refractivity contribution >= 4 is 44.9 Å². The molecule has 7 aromatic carbocycles. The van der Waals surface area contributed by atoms with E-state index in [4.69, 9.17) is 0 Å². The molecule has 8 rings (SSSR count). The molecular weight excluding hydrogens is 544 g/mol. The van der Waals surface area contributed by atoms with Crippen LogP contribution in [-0.2, 0) is 5.41 Å². The van der Waals surface area contributed by atoms with Gasteiger partial charge in [-0.2, -0.15) is 0 Å². The minimum atomic E-state index is -0.150. The van der Waals surface area contributed by atoms with E-state index in [0.717, 1.165) is 28.4 Å². The van der Waals surface area contributed by atoms with Crippen LogP contribution in [0.1, 0.15) is 25.0 Å². The predicted octanol–water partition coefficient (Wildman–Crippen LogP) is 12.1. The highest BCUT2D eigenvalue weighted by atomic mass is 15.2. The largest absolute Gasteiger partial charge is 0.310 e. The Bertz CT molecular complexity index is 2040. The maximum absolute atomic E-state index is 2.45. The van der Waals surface area contributed by atoms with Crippen molar-refractivity contribution in [3.63, 3.8) is 0 Å². The summed E-state index contributed by atoms with van der Waals surface area (Å²) in [5, 5.41) is 2.44. The second-order valence-corrected chi connectivity index (χ2v) is 12.2. The zero-order valence-electron chi connectivity index (χ0n) is 25.6. The van der Waals surface area contributed by atoms with E-state index in [2.05, 4.69) is 194 Å². The molecule has 0 saturated heterocycles. The molecule has 0 amide bonds. The number of benzene rings is 7. The molecule has 0 atom stereocenters. The molecule has 0 aromatic heterocycles. The molecule has 7 aromatic rings. The minimum absolute atomic E-state index is 0.150. The van der Waals surface area contributed by atoms with E-state index in [0.29, 0.717) is 0 Å². The molecule has 0 aliphatic heterocycles. The van der Waals surface area contributed by atoms with Gasteiger partial charge in [0.1, 0.15) is 0 Å². The van der Waals surface area contributed by atoms with Crippen LogP contribution in [0, 0.1) is 0 Å². The van der Waals surface area contributed by atoms with Crippen molar-refractivity contribution in [2.45, 2.75) is 19.3 Å². The molecule has 0 fully saturated rings. The van der Waals surface area contributed by atoms with Crippen LogP contribution in [0.2, 0.25) is 0 Å². The zero-order chi connectivity index (χ0) is 30.4. The van der Waals surface area contributed by atoms with Crippen LogP contribution >= 0.6 is 0 Å². The Morgan fingerprint density at radius 2 is 0.867 bits per heavy atom. The van der Waals surface area contributed by atoms with Crippen molar-refractivity contribution in [2.24, 2.45) is 0 Å². The average molecular weight is 579 g/mol. The van der Waals surface area contributed by atoms with E-state index in [1.54, 1.807) is 0 Å². The Hall–Kier alpha value is -5.60. The summed E-state index contributed by atoms with van der Waals surface area (Å²) in [6, 6.07) is 61.2. The van der Waals surface area contributed by atoms with Crippen LogP contribution < -0.4 is 9.80 Å². The van der Waals surface area contributed by atoms with Gasteiger partial charge in [-0.05, 0) is 88.8 Å². The van der Waals surface area contributed by atoms with E-state index in [9.17, 15) is 0 Å². The molecule has 2 nitrogen and oxygen atoms in total. The summed E-state index contributed by atoms with van der Waals surface area (Å²) >= 11 is 0. The fraction of sp³-hybridized carbons (Fsp3) is 0.0698. The van der Waals surface area contributed by atoms with Crippen LogP contribution in [0.4, 0.5) is 34.1 Å². The van der Waals surface area contributed by atoms with Gasteiger partial charge in [0.2, 0.25) is 0 Å². The molecule has 0 bridgehead atoms. The number of fused-ring (bicyclic) bond motifs is 4. The lowest BCUT2D eigenvalue weighted by molar-refractivity contribution is 0.661. The Morgan fingerprint density at radius 3 is 1.40 bits per heavy atom. The number of hydrogen-bond donors (Lipinski definition) is 0. The lowest BCUT2D eigenvalue weighted by Crippen LogP contribution is -2.16. The number of hydrogen-bond acceptors (Lipinski definition) is 2. The minimum Gasteiger partial charge on any atom is -0.310 e. The van der Waals surface area contributed by atoms with Gasteiger partial charge in [0.25, 0.3) is 0 Å². The van der Waals surface area contributed by atoms with Crippen LogP contribution in [0.5, 0.6) is 0 Å².